The van der Waals surface area contributed by atoms with Gasteiger partial charge in [0.1, 0.15) is 22.5 Å². The van der Waals surface area contributed by atoms with E-state index in [2.05, 4.69) is 35.2 Å². The molecule has 0 aliphatic carbocycles. The summed E-state index contributed by atoms with van der Waals surface area (Å²) in [5.41, 5.74) is 5.01. The second-order valence-corrected chi connectivity index (χ2v) is 13.6. The summed E-state index contributed by atoms with van der Waals surface area (Å²) in [6, 6.07) is 5.94. The van der Waals surface area contributed by atoms with Crippen LogP contribution in [0.4, 0.5) is 20.1 Å². The van der Waals surface area contributed by atoms with Gasteiger partial charge in [-0.2, -0.15) is 5.26 Å². The van der Waals surface area contributed by atoms with Crippen LogP contribution in [0, 0.1) is 23.1 Å². The van der Waals surface area contributed by atoms with Crippen LogP contribution in [-0.2, 0) is 29.1 Å². The van der Waals surface area contributed by atoms with Gasteiger partial charge in [0.15, 0.2) is 0 Å². The first-order chi connectivity index (χ1) is 20.6. The Morgan fingerprint density at radius 3 is 2.74 bits per heavy atom. The summed E-state index contributed by atoms with van der Waals surface area (Å²) < 4.78 is 27.1. The number of hydrogen-bond donors (Lipinski definition) is 1. The van der Waals surface area contributed by atoms with Crippen molar-refractivity contribution in [1.29, 1.82) is 5.26 Å². The predicted octanol–water partition coefficient (Wildman–Crippen LogP) is 6.21. The number of hydrogen-bond acceptors (Lipinski definition) is 9. The maximum atomic E-state index is 15.4. The van der Waals surface area contributed by atoms with Gasteiger partial charge in [-0.3, -0.25) is 5.32 Å². The standard InChI is InChI=1S/C32H33FN6O3S/c1-6-17-25(18-7-8-23(33)28-26(18)19(9-34)29(43-28)37-31(40)42-32(2,3)4)22-15-41-14-21(22)20-10-35-30(36-27(17)20)39-12-16-11-38(5)24(16)13-39/h7-8,10,16,24H,6,11-15H2,1-5H3,(H,37,40). The Morgan fingerprint density at radius 1 is 1.26 bits per heavy atom. The Kier molecular flexibility index (Phi) is 6.57. The van der Waals surface area contributed by atoms with Crippen molar-refractivity contribution in [2.24, 2.45) is 5.92 Å². The van der Waals surface area contributed by atoms with E-state index in [-0.39, 0.29) is 10.6 Å². The normalized spacial score (nSPS) is 19.8. The molecule has 222 valence electrons. The van der Waals surface area contributed by atoms with Crippen molar-refractivity contribution in [2.45, 2.75) is 59.0 Å². The number of halogens is 1. The molecule has 2 aromatic carbocycles. The number of aryl methyl sites for hydroxylation is 1. The third-order valence-electron chi connectivity index (χ3n) is 8.77. The molecule has 0 radical (unpaired) electrons. The second-order valence-electron chi connectivity index (χ2n) is 12.6. The van der Waals surface area contributed by atoms with Crippen LogP contribution in [0.5, 0.6) is 0 Å². The van der Waals surface area contributed by atoms with Gasteiger partial charge < -0.3 is 19.3 Å². The van der Waals surface area contributed by atoms with Gasteiger partial charge in [-0.05, 0) is 68.1 Å². The largest absolute Gasteiger partial charge is 0.444 e. The summed E-state index contributed by atoms with van der Waals surface area (Å²) >= 11 is 1.04. The minimum atomic E-state index is -0.725. The fraction of sp³-hybridized carbons (Fsp3) is 0.438. The fourth-order valence-electron chi connectivity index (χ4n) is 6.87. The van der Waals surface area contributed by atoms with E-state index in [1.165, 1.54) is 6.07 Å². The van der Waals surface area contributed by atoms with Crippen LogP contribution in [0.1, 0.15) is 49.9 Å². The lowest BCUT2D eigenvalue weighted by Crippen LogP contribution is -2.52. The molecule has 2 aromatic heterocycles. The number of amides is 1. The second kappa shape index (κ2) is 10.1. The summed E-state index contributed by atoms with van der Waals surface area (Å²) in [5.74, 6) is 0.900. The topological polar surface area (TPSA) is 104 Å². The number of anilines is 2. The van der Waals surface area contributed by atoms with Crippen molar-refractivity contribution >= 4 is 49.4 Å². The number of nitriles is 1. The van der Waals surface area contributed by atoms with Crippen molar-refractivity contribution < 1.29 is 18.7 Å². The highest BCUT2D eigenvalue weighted by atomic mass is 32.1. The SMILES string of the molecule is CCc1c(-c2ccc(F)c3sc(NC(=O)OC(C)(C)C)c(C#N)c23)c2c(c3cnc(N4CC5CN(C)C5C4)nc13)COC2. The molecule has 3 aliphatic rings. The number of likely N-dealkylation sites (N-methyl/N-ethyl adjacent to an activating group) is 1. The van der Waals surface area contributed by atoms with E-state index in [9.17, 15) is 10.1 Å². The molecule has 7 rings (SSSR count). The molecule has 0 bridgehead atoms. The lowest BCUT2D eigenvalue weighted by atomic mass is 9.86. The zero-order valence-electron chi connectivity index (χ0n) is 24.9. The van der Waals surface area contributed by atoms with E-state index in [4.69, 9.17) is 19.4 Å². The van der Waals surface area contributed by atoms with Crippen molar-refractivity contribution in [3.05, 3.63) is 46.4 Å². The third kappa shape index (κ3) is 4.51. The van der Waals surface area contributed by atoms with Gasteiger partial charge in [-0.25, -0.2) is 19.2 Å². The molecule has 2 saturated heterocycles. The number of carbonyl (C=O) groups excluding carboxylic acids is 1. The molecular weight excluding hydrogens is 567 g/mol. The van der Waals surface area contributed by atoms with Gasteiger partial charge in [-0.15, -0.1) is 11.3 Å². The van der Waals surface area contributed by atoms with Gasteiger partial charge in [0.25, 0.3) is 0 Å². The smallest absolute Gasteiger partial charge is 0.412 e. The third-order valence-corrected chi connectivity index (χ3v) is 9.88. The number of nitrogens with zero attached hydrogens (tertiary/aromatic N) is 5. The lowest BCUT2D eigenvalue weighted by Gasteiger charge is -2.40. The monoisotopic (exact) mass is 600 g/mol. The van der Waals surface area contributed by atoms with E-state index in [0.29, 0.717) is 41.7 Å². The summed E-state index contributed by atoms with van der Waals surface area (Å²) in [4.78, 5) is 27.3. The minimum absolute atomic E-state index is 0.204. The number of nitrogens with one attached hydrogen (secondary N) is 1. The van der Waals surface area contributed by atoms with Crippen molar-refractivity contribution in [3.63, 3.8) is 0 Å². The molecule has 5 heterocycles. The van der Waals surface area contributed by atoms with Crippen LogP contribution < -0.4 is 10.2 Å². The maximum absolute atomic E-state index is 15.4. The molecule has 1 N–H and O–H groups in total. The Morgan fingerprint density at radius 2 is 2.05 bits per heavy atom. The molecule has 3 aliphatic heterocycles. The maximum Gasteiger partial charge on any atom is 0.412 e. The number of ether oxygens (including phenoxy) is 2. The van der Waals surface area contributed by atoms with Crippen LogP contribution in [-0.4, -0.2) is 59.3 Å². The van der Waals surface area contributed by atoms with E-state index in [1.54, 1.807) is 26.8 Å². The summed E-state index contributed by atoms with van der Waals surface area (Å²) in [6.45, 7) is 11.1. The predicted molar refractivity (Wildman–Crippen MR) is 165 cm³/mol. The number of thiophene rings is 1. The molecule has 11 heteroatoms. The van der Waals surface area contributed by atoms with Crippen molar-refractivity contribution in [3.8, 4) is 17.2 Å². The summed E-state index contributed by atoms with van der Waals surface area (Å²) in [6.07, 6.45) is 1.89. The highest BCUT2D eigenvalue weighted by molar-refractivity contribution is 7.23. The van der Waals surface area contributed by atoms with Crippen molar-refractivity contribution in [2.75, 3.05) is 36.9 Å². The number of rotatable bonds is 4. The first-order valence-electron chi connectivity index (χ1n) is 14.6. The van der Waals surface area contributed by atoms with Crippen LogP contribution in [0.3, 0.4) is 0 Å². The Balaban J connectivity index is 1.42. The molecule has 1 amide bonds. The Hall–Kier alpha value is -3.85. The molecule has 4 aromatic rings. The minimum Gasteiger partial charge on any atom is -0.444 e. The molecule has 2 atom stereocenters. The van der Waals surface area contributed by atoms with E-state index >= 15 is 4.39 Å². The summed E-state index contributed by atoms with van der Waals surface area (Å²) in [7, 11) is 2.16. The van der Waals surface area contributed by atoms with Gasteiger partial charge in [-0.1, -0.05) is 13.0 Å². The van der Waals surface area contributed by atoms with Crippen LogP contribution in [0.15, 0.2) is 18.3 Å². The van der Waals surface area contributed by atoms with Crippen LogP contribution in [0.2, 0.25) is 0 Å². The number of aromatic nitrogens is 2. The van der Waals surface area contributed by atoms with Crippen LogP contribution in [0.25, 0.3) is 32.1 Å². The fourth-order valence-corrected chi connectivity index (χ4v) is 7.94. The molecule has 9 nitrogen and oxygen atoms in total. The zero-order valence-corrected chi connectivity index (χ0v) is 25.7. The number of carbonyl (C=O) groups is 1. The van der Waals surface area contributed by atoms with E-state index < -0.39 is 17.5 Å². The first kappa shape index (κ1) is 28.0. The molecular formula is C32H33FN6O3S. The lowest BCUT2D eigenvalue weighted by molar-refractivity contribution is 0.0636. The molecule has 0 spiro atoms. The highest BCUT2D eigenvalue weighted by Gasteiger charge is 2.44. The summed E-state index contributed by atoms with van der Waals surface area (Å²) in [5, 5.41) is 14.7. The highest BCUT2D eigenvalue weighted by Crippen LogP contribution is 2.47. The molecule has 2 unspecified atom stereocenters. The van der Waals surface area contributed by atoms with Gasteiger partial charge in [0, 0.05) is 48.6 Å². The van der Waals surface area contributed by atoms with E-state index in [1.807, 2.05) is 6.20 Å². The van der Waals surface area contributed by atoms with Gasteiger partial charge >= 0.3 is 6.09 Å². The Labute approximate surface area is 253 Å². The number of fused-ring (bicyclic) bond motifs is 5. The molecule has 43 heavy (non-hydrogen) atoms. The average Bonchev–Trinajstić information content (AvgIpc) is 3.67. The first-order valence-corrected chi connectivity index (χ1v) is 15.4. The van der Waals surface area contributed by atoms with Crippen LogP contribution >= 0.6 is 11.3 Å². The zero-order chi connectivity index (χ0) is 30.2. The quantitative estimate of drug-likeness (QED) is 0.295. The molecule has 0 saturated carbocycles. The van der Waals surface area contributed by atoms with Gasteiger partial charge in [0.2, 0.25) is 5.95 Å². The van der Waals surface area contributed by atoms with E-state index in [0.717, 1.165) is 75.6 Å². The number of likely N-dealkylation sites (tertiary alicyclic amines) is 1. The Bertz CT molecular complexity index is 1860. The average molecular weight is 601 g/mol. The van der Waals surface area contributed by atoms with Crippen molar-refractivity contribution in [1.82, 2.24) is 14.9 Å². The molecule has 2 fully saturated rings. The van der Waals surface area contributed by atoms with Gasteiger partial charge in [0.05, 0.1) is 29.0 Å². The number of benzene rings is 2.